The van der Waals surface area contributed by atoms with E-state index in [-0.39, 0.29) is 29.4 Å². The van der Waals surface area contributed by atoms with Crippen molar-refractivity contribution in [3.8, 4) is 0 Å². The van der Waals surface area contributed by atoms with E-state index in [4.69, 9.17) is 0 Å². The molecular weight excluding hydrogens is 541 g/mol. The number of rotatable bonds is 9. The molecule has 3 atom stereocenters. The molecule has 5 rings (SSSR count). The summed E-state index contributed by atoms with van der Waals surface area (Å²) in [4.78, 5) is 6.16. The molecule has 0 saturated carbocycles. The van der Waals surface area contributed by atoms with Gasteiger partial charge in [-0.05, 0) is 49.9 Å². The Balaban J connectivity index is 1.54. The minimum absolute atomic E-state index is 0.108. The summed E-state index contributed by atoms with van der Waals surface area (Å²) >= 11 is 0. The van der Waals surface area contributed by atoms with Crippen LogP contribution in [0.2, 0.25) is 0 Å². The number of anilines is 1. The van der Waals surface area contributed by atoms with Gasteiger partial charge in [-0.15, -0.1) is 0 Å². The molecule has 3 N–H and O–H groups in total. The van der Waals surface area contributed by atoms with Gasteiger partial charge in [0.2, 0.25) is 0 Å². The zero-order valence-corrected chi connectivity index (χ0v) is 21.9. The summed E-state index contributed by atoms with van der Waals surface area (Å²) in [6.45, 7) is 0.613. The number of H-pyrrole nitrogens is 1. The summed E-state index contributed by atoms with van der Waals surface area (Å²) < 4.78 is 101. The molecule has 0 radical (unpaired) electrons. The predicted octanol–water partition coefficient (Wildman–Crippen LogP) is 5.53. The zero-order valence-electron chi connectivity index (χ0n) is 21.9. The van der Waals surface area contributed by atoms with E-state index in [2.05, 4.69) is 15.2 Å². The van der Waals surface area contributed by atoms with Crippen LogP contribution in [0.3, 0.4) is 0 Å². The van der Waals surface area contributed by atoms with Crippen molar-refractivity contribution in [1.82, 2.24) is 14.8 Å². The smallest absolute Gasteiger partial charge is 0.283 e. The van der Waals surface area contributed by atoms with Gasteiger partial charge < -0.3 is 20.3 Å². The lowest BCUT2D eigenvalue weighted by molar-refractivity contribution is -0.0869. The third kappa shape index (κ3) is 5.53. The van der Waals surface area contributed by atoms with Gasteiger partial charge in [-0.3, -0.25) is 9.29 Å². The molecule has 218 valence electrons. The van der Waals surface area contributed by atoms with Crippen molar-refractivity contribution in [3.05, 3.63) is 64.4 Å². The number of nitrogens with zero attached hydrogens (tertiary/aromatic N) is 2. The lowest BCUT2D eigenvalue weighted by atomic mass is 9.87. The number of aliphatic hydroxyl groups is 1. The van der Waals surface area contributed by atoms with Crippen LogP contribution in [-0.4, -0.2) is 77.4 Å². The molecule has 1 saturated heterocycles. The van der Waals surface area contributed by atoms with E-state index in [1.807, 2.05) is 0 Å². The molecule has 5 nitrogen and oxygen atoms in total. The average molecular weight is 573 g/mol. The second-order valence-corrected chi connectivity index (χ2v) is 10.8. The first-order valence-electron chi connectivity index (χ1n) is 13.3. The highest BCUT2D eigenvalue weighted by Crippen LogP contribution is 2.44. The van der Waals surface area contributed by atoms with Gasteiger partial charge in [-0.25, -0.2) is 26.3 Å². The first-order valence-corrected chi connectivity index (χ1v) is 13.3. The fourth-order valence-electron chi connectivity index (χ4n) is 6.03. The molecule has 3 aromatic rings. The fraction of sp³-hybridized carbons (Fsp3) is 0.500. The Labute approximate surface area is 226 Å². The molecule has 1 aromatic heterocycles. The Hall–Kier alpha value is -2.83. The Morgan fingerprint density at radius 3 is 2.42 bits per heavy atom. The van der Waals surface area contributed by atoms with Crippen LogP contribution in [0.5, 0.6) is 0 Å². The number of aliphatic hydroxyl groups excluding tert-OH is 1. The number of aromatic nitrogens is 1. The van der Waals surface area contributed by atoms with Gasteiger partial charge in [0.25, 0.3) is 5.92 Å². The van der Waals surface area contributed by atoms with Crippen molar-refractivity contribution in [2.75, 3.05) is 44.8 Å². The second kappa shape index (κ2) is 11.2. The monoisotopic (exact) mass is 572 g/mol. The Bertz CT molecular complexity index is 1360. The van der Waals surface area contributed by atoms with Crippen LogP contribution >= 0.6 is 0 Å². The second-order valence-electron chi connectivity index (χ2n) is 10.8. The van der Waals surface area contributed by atoms with Crippen molar-refractivity contribution in [3.63, 3.8) is 0 Å². The first kappa shape index (κ1) is 28.7. The maximum atomic E-state index is 15.8. The van der Waals surface area contributed by atoms with Crippen LogP contribution in [0.1, 0.15) is 42.6 Å². The van der Waals surface area contributed by atoms with Crippen LogP contribution in [0.15, 0.2) is 24.3 Å². The van der Waals surface area contributed by atoms with Gasteiger partial charge in [-0.1, -0.05) is 0 Å². The Morgan fingerprint density at radius 2 is 1.75 bits per heavy atom. The third-order valence-electron chi connectivity index (χ3n) is 7.90. The maximum Gasteiger partial charge on any atom is 0.283 e. The van der Waals surface area contributed by atoms with Crippen LogP contribution in [0, 0.1) is 23.3 Å². The normalized spacial score (nSPS) is 22.3. The van der Waals surface area contributed by atoms with E-state index in [0.717, 1.165) is 30.8 Å². The number of hydrogen-bond donors (Lipinski definition) is 3. The number of halogens is 7. The molecule has 0 bridgehead atoms. The number of hydrogen-bond acceptors (Lipinski definition) is 4. The molecule has 0 aliphatic carbocycles. The van der Waals surface area contributed by atoms with Crippen molar-refractivity contribution in [2.24, 2.45) is 0 Å². The number of fused-ring (bicyclic) bond motifs is 3. The van der Waals surface area contributed by atoms with Crippen molar-refractivity contribution in [2.45, 2.75) is 50.2 Å². The van der Waals surface area contributed by atoms with Crippen molar-refractivity contribution >= 4 is 16.6 Å². The van der Waals surface area contributed by atoms with Gasteiger partial charge in [0.1, 0.15) is 18.2 Å². The number of benzene rings is 2. The number of alkyl halides is 3. The molecule has 3 heterocycles. The first-order chi connectivity index (χ1) is 19.0. The molecule has 40 heavy (non-hydrogen) atoms. The summed E-state index contributed by atoms with van der Waals surface area (Å²) in [6, 6.07) is 1.94. The number of likely N-dealkylation sites (tertiary alicyclic amines) is 1. The molecule has 2 aliphatic rings. The van der Waals surface area contributed by atoms with Gasteiger partial charge in [0, 0.05) is 65.6 Å². The lowest BCUT2D eigenvalue weighted by Gasteiger charge is -2.42. The number of nitrogens with one attached hydrogen (secondary N) is 2. The Morgan fingerprint density at radius 1 is 1.05 bits per heavy atom. The van der Waals surface area contributed by atoms with Crippen LogP contribution in [-0.2, 0) is 6.42 Å². The van der Waals surface area contributed by atoms with E-state index in [0.29, 0.717) is 36.9 Å². The molecule has 1 fully saturated rings. The third-order valence-corrected chi connectivity index (χ3v) is 7.90. The van der Waals surface area contributed by atoms with Crippen LogP contribution in [0.25, 0.3) is 10.9 Å². The highest BCUT2D eigenvalue weighted by molar-refractivity contribution is 5.85. The maximum absolute atomic E-state index is 15.8. The largest absolute Gasteiger partial charge is 0.390 e. The van der Waals surface area contributed by atoms with Gasteiger partial charge in [0.05, 0.1) is 19.3 Å². The predicted molar refractivity (Wildman–Crippen MR) is 137 cm³/mol. The summed E-state index contributed by atoms with van der Waals surface area (Å²) in [7, 11) is 0. The van der Waals surface area contributed by atoms with E-state index in [1.54, 1.807) is 6.92 Å². The summed E-state index contributed by atoms with van der Waals surface area (Å²) in [5.74, 6) is -7.75. The van der Waals surface area contributed by atoms with Gasteiger partial charge in [-0.2, -0.15) is 0 Å². The van der Waals surface area contributed by atoms with E-state index < -0.39 is 66.7 Å². The minimum Gasteiger partial charge on any atom is -0.390 e. The van der Waals surface area contributed by atoms with Gasteiger partial charge in [0.15, 0.2) is 11.6 Å². The zero-order chi connectivity index (χ0) is 28.8. The summed E-state index contributed by atoms with van der Waals surface area (Å²) in [6.07, 6.45) is 1.24. The van der Waals surface area contributed by atoms with E-state index in [1.165, 1.54) is 4.90 Å². The highest BCUT2D eigenvalue weighted by atomic mass is 19.3. The van der Waals surface area contributed by atoms with Crippen molar-refractivity contribution < 1.29 is 35.8 Å². The van der Waals surface area contributed by atoms with E-state index in [9.17, 15) is 27.1 Å². The molecule has 2 aliphatic heterocycles. The SMILES string of the molecule is CC1Cc2c([nH]c3cc(F)c(F)cc23)C(c2c(F)cc(NC3CCN(CCCF)C3)cc2F)N1CC(F)(F)CO. The lowest BCUT2D eigenvalue weighted by Crippen LogP contribution is -2.49. The molecular formula is C28H31F7N4O. The fourth-order valence-corrected chi connectivity index (χ4v) is 6.03. The average Bonchev–Trinajstić information content (AvgIpc) is 3.48. The molecule has 3 unspecified atom stereocenters. The van der Waals surface area contributed by atoms with E-state index >= 15 is 8.78 Å². The Kier molecular flexibility index (Phi) is 8.04. The minimum atomic E-state index is -3.57. The summed E-state index contributed by atoms with van der Waals surface area (Å²) in [5.41, 5.74) is 0.471. The van der Waals surface area contributed by atoms with Crippen LogP contribution < -0.4 is 5.32 Å². The van der Waals surface area contributed by atoms with Crippen LogP contribution in [0.4, 0.5) is 36.4 Å². The molecule has 2 aromatic carbocycles. The topological polar surface area (TPSA) is 54.5 Å². The molecule has 0 amide bonds. The molecule has 12 heteroatoms. The van der Waals surface area contributed by atoms with Gasteiger partial charge >= 0.3 is 0 Å². The summed E-state index contributed by atoms with van der Waals surface area (Å²) in [5, 5.41) is 12.6. The quantitative estimate of drug-likeness (QED) is 0.295. The van der Waals surface area contributed by atoms with Crippen molar-refractivity contribution in [1.29, 1.82) is 0 Å². The number of aromatic amines is 1. The standard InChI is InChI=1S/C28H31F7N4O/c1-15-7-19-18-10-20(30)21(31)11-24(18)37-26(19)27(39(15)13-28(34,35)14-40)25-22(32)8-17(9-23(25)33)36-16-3-6-38(12-16)5-2-4-29/h8-11,15-16,27,36-37,40H,2-7,12-14H2,1H3. The highest BCUT2D eigenvalue weighted by Gasteiger charge is 2.43. The molecule has 0 spiro atoms.